The summed E-state index contributed by atoms with van der Waals surface area (Å²) in [6.07, 6.45) is 6.46. The summed E-state index contributed by atoms with van der Waals surface area (Å²) in [5.74, 6) is 2.02. The van der Waals surface area contributed by atoms with Crippen molar-refractivity contribution in [2.75, 3.05) is 30.5 Å². The summed E-state index contributed by atoms with van der Waals surface area (Å²) in [7, 11) is 1.63. The van der Waals surface area contributed by atoms with E-state index in [2.05, 4.69) is 15.2 Å². The molecule has 1 aliphatic carbocycles. The van der Waals surface area contributed by atoms with Crippen molar-refractivity contribution in [3.63, 3.8) is 0 Å². The molecule has 10 heteroatoms. The lowest BCUT2D eigenvalue weighted by molar-refractivity contribution is 0.0988. The second-order valence-corrected chi connectivity index (χ2v) is 10.4. The summed E-state index contributed by atoms with van der Waals surface area (Å²) in [5, 5.41) is 3.82. The number of imidazole rings is 1. The summed E-state index contributed by atoms with van der Waals surface area (Å²) < 4.78 is 27.0. The number of benzene rings is 2. The molecule has 2 fully saturated rings. The quantitative estimate of drug-likeness (QED) is 0.363. The average Bonchev–Trinajstić information content (AvgIpc) is 3.73. The molecule has 4 aromatic rings. The van der Waals surface area contributed by atoms with E-state index in [1.165, 1.54) is 17.7 Å². The van der Waals surface area contributed by atoms with Gasteiger partial charge in [-0.15, -0.1) is 0 Å². The summed E-state index contributed by atoms with van der Waals surface area (Å²) >= 11 is 6.01. The molecule has 3 atom stereocenters. The zero-order valence-electron chi connectivity index (χ0n) is 20.8. The molecule has 2 aliphatic heterocycles. The van der Waals surface area contributed by atoms with Gasteiger partial charge in [-0.05, 0) is 49.1 Å². The van der Waals surface area contributed by atoms with Gasteiger partial charge in [-0.3, -0.25) is 0 Å². The second kappa shape index (κ2) is 9.25. The maximum absolute atomic E-state index is 13.7. The molecule has 1 unspecified atom stereocenters. The fourth-order valence-electron chi connectivity index (χ4n) is 5.94. The lowest BCUT2D eigenvalue weighted by Crippen LogP contribution is -2.38. The number of hydrogen-bond donors (Lipinski definition) is 1. The van der Waals surface area contributed by atoms with Crippen molar-refractivity contribution < 1.29 is 13.9 Å². The van der Waals surface area contributed by atoms with Crippen LogP contribution < -0.4 is 15.0 Å². The summed E-state index contributed by atoms with van der Waals surface area (Å²) in [6.45, 7) is 1.56. The van der Waals surface area contributed by atoms with Crippen LogP contribution in [0.5, 0.6) is 5.75 Å². The van der Waals surface area contributed by atoms with Crippen LogP contribution in [0, 0.1) is 5.82 Å². The Morgan fingerprint density at radius 1 is 1.16 bits per heavy atom. The van der Waals surface area contributed by atoms with E-state index in [1.807, 2.05) is 34.9 Å². The van der Waals surface area contributed by atoms with Crippen LogP contribution in [0.15, 0.2) is 55.0 Å². The SMILES string of the molecule is COc1cc(Nc2nc3c(c(N4C[C@@H]5C[C@H]4CO5)n2)CCC3c2ccc(F)cc2)ccc1-n1cnc(Cl)c1. The zero-order chi connectivity index (χ0) is 25.8. The largest absolute Gasteiger partial charge is 0.494 e. The van der Waals surface area contributed by atoms with Crippen molar-refractivity contribution in [1.82, 2.24) is 19.5 Å². The third-order valence-electron chi connectivity index (χ3n) is 7.74. The van der Waals surface area contributed by atoms with Crippen LogP contribution in [0.25, 0.3) is 5.69 Å². The predicted molar refractivity (Wildman–Crippen MR) is 142 cm³/mol. The van der Waals surface area contributed by atoms with E-state index in [1.54, 1.807) is 19.6 Å². The van der Waals surface area contributed by atoms with Gasteiger partial charge in [0.25, 0.3) is 0 Å². The van der Waals surface area contributed by atoms with Crippen LogP contribution in [-0.2, 0) is 11.2 Å². The van der Waals surface area contributed by atoms with Crippen molar-refractivity contribution in [2.45, 2.75) is 37.3 Å². The first-order valence-corrected chi connectivity index (χ1v) is 13.1. The molecular formula is C28H26ClFN6O2. The Kier molecular flexibility index (Phi) is 5.70. The molecule has 8 nitrogen and oxygen atoms in total. The number of ether oxygens (including phenoxy) is 2. The fraction of sp³-hybridized carbons (Fsp3) is 0.321. The molecular weight excluding hydrogens is 507 g/mol. The average molecular weight is 533 g/mol. The maximum Gasteiger partial charge on any atom is 0.229 e. The smallest absolute Gasteiger partial charge is 0.229 e. The van der Waals surface area contributed by atoms with Gasteiger partial charge in [-0.1, -0.05) is 23.7 Å². The monoisotopic (exact) mass is 532 g/mol. The Labute approximate surface area is 224 Å². The van der Waals surface area contributed by atoms with Crippen LogP contribution in [-0.4, -0.2) is 51.9 Å². The molecule has 2 saturated heterocycles. The van der Waals surface area contributed by atoms with Gasteiger partial charge >= 0.3 is 0 Å². The Morgan fingerprint density at radius 2 is 2.03 bits per heavy atom. The molecule has 0 saturated carbocycles. The molecule has 2 aromatic carbocycles. The first kappa shape index (κ1) is 23.4. The van der Waals surface area contributed by atoms with Crippen molar-refractivity contribution >= 4 is 29.1 Å². The minimum absolute atomic E-state index is 0.0897. The number of fused-ring (bicyclic) bond motifs is 3. The minimum Gasteiger partial charge on any atom is -0.494 e. The van der Waals surface area contributed by atoms with Crippen molar-refractivity contribution in [2.24, 2.45) is 0 Å². The van der Waals surface area contributed by atoms with Gasteiger partial charge in [0, 0.05) is 36.0 Å². The zero-order valence-corrected chi connectivity index (χ0v) is 21.5. The molecule has 0 spiro atoms. The van der Waals surface area contributed by atoms with Crippen molar-refractivity contribution in [3.05, 3.63) is 82.8 Å². The number of anilines is 3. The Morgan fingerprint density at radius 3 is 2.74 bits per heavy atom. The minimum atomic E-state index is -0.235. The first-order valence-electron chi connectivity index (χ1n) is 12.7. The molecule has 194 valence electrons. The number of nitrogens with one attached hydrogen (secondary N) is 1. The van der Waals surface area contributed by atoms with Gasteiger partial charge < -0.3 is 24.3 Å². The Bertz CT molecular complexity index is 1510. The number of nitrogens with zero attached hydrogens (tertiary/aromatic N) is 5. The third kappa shape index (κ3) is 4.06. The highest BCUT2D eigenvalue weighted by Gasteiger charge is 2.42. The van der Waals surface area contributed by atoms with E-state index >= 15 is 0 Å². The van der Waals surface area contributed by atoms with Gasteiger partial charge in [0.15, 0.2) is 0 Å². The van der Waals surface area contributed by atoms with Crippen LogP contribution in [0.4, 0.5) is 21.8 Å². The number of halogens is 2. The van der Waals surface area contributed by atoms with E-state index in [0.717, 1.165) is 60.9 Å². The molecule has 3 aliphatic rings. The summed E-state index contributed by atoms with van der Waals surface area (Å²) in [4.78, 5) is 16.5. The van der Waals surface area contributed by atoms with Crippen LogP contribution in [0.2, 0.25) is 5.15 Å². The van der Waals surface area contributed by atoms with Crippen LogP contribution in [0.3, 0.4) is 0 Å². The van der Waals surface area contributed by atoms with Crippen molar-refractivity contribution in [3.8, 4) is 11.4 Å². The molecule has 2 bridgehead atoms. The summed E-state index contributed by atoms with van der Waals surface area (Å²) in [6, 6.07) is 12.9. The highest BCUT2D eigenvalue weighted by molar-refractivity contribution is 6.29. The molecule has 7 rings (SSSR count). The number of morpholine rings is 1. The van der Waals surface area contributed by atoms with Gasteiger partial charge in [0.2, 0.25) is 5.95 Å². The van der Waals surface area contributed by atoms with E-state index in [9.17, 15) is 4.39 Å². The Balaban J connectivity index is 1.27. The number of aromatic nitrogens is 4. The maximum atomic E-state index is 13.7. The van der Waals surface area contributed by atoms with Gasteiger partial charge in [-0.25, -0.2) is 14.4 Å². The molecule has 4 heterocycles. The van der Waals surface area contributed by atoms with Gasteiger partial charge in [0.05, 0.1) is 37.2 Å². The normalized spacial score (nSPS) is 21.7. The lowest BCUT2D eigenvalue weighted by atomic mass is 9.96. The summed E-state index contributed by atoms with van der Waals surface area (Å²) in [5.41, 5.74) is 4.87. The molecule has 38 heavy (non-hydrogen) atoms. The number of hydrogen-bond acceptors (Lipinski definition) is 7. The number of rotatable bonds is 6. The first-order chi connectivity index (χ1) is 18.6. The third-order valence-corrected chi connectivity index (χ3v) is 7.94. The van der Waals surface area contributed by atoms with Gasteiger partial charge in [0.1, 0.15) is 28.9 Å². The number of methoxy groups -OCH3 is 1. The standard InChI is InChI=1S/C28H26ClFN6O2/c1-37-24-10-18(6-9-23(24)35-13-25(29)31-15-35)32-28-33-26-21(16-2-4-17(30)5-3-16)7-8-22(26)27(34-28)36-12-20-11-19(36)14-38-20/h2-6,9-10,13,15,19-21H,7-8,11-12,14H2,1H3,(H,32,33,34)/t19-,20-,21?/m0/s1. The lowest BCUT2D eigenvalue weighted by Gasteiger charge is -2.30. The van der Waals surface area contributed by atoms with E-state index in [0.29, 0.717) is 22.9 Å². The second-order valence-electron chi connectivity index (χ2n) is 9.99. The fourth-order valence-corrected chi connectivity index (χ4v) is 6.09. The molecule has 0 radical (unpaired) electrons. The molecule has 1 N–H and O–H groups in total. The van der Waals surface area contributed by atoms with Crippen molar-refractivity contribution in [1.29, 1.82) is 0 Å². The predicted octanol–water partition coefficient (Wildman–Crippen LogP) is 5.26. The van der Waals surface area contributed by atoms with E-state index in [-0.39, 0.29) is 17.8 Å². The molecule has 2 aromatic heterocycles. The topological polar surface area (TPSA) is 77.3 Å². The molecule has 0 amide bonds. The van der Waals surface area contributed by atoms with E-state index in [4.69, 9.17) is 31.0 Å². The van der Waals surface area contributed by atoms with Gasteiger partial charge in [-0.2, -0.15) is 4.98 Å². The Hall–Kier alpha value is -3.69. The van der Waals surface area contributed by atoms with Crippen LogP contribution >= 0.6 is 11.6 Å². The van der Waals surface area contributed by atoms with E-state index < -0.39 is 0 Å². The van der Waals surface area contributed by atoms with Crippen LogP contribution in [0.1, 0.15) is 35.6 Å². The highest BCUT2D eigenvalue weighted by Crippen LogP contribution is 2.44. The highest BCUT2D eigenvalue weighted by atomic mass is 35.5.